The fraction of sp³-hybridized carbons (Fsp3) is 0.600. The summed E-state index contributed by atoms with van der Waals surface area (Å²) in [6, 6.07) is 2.61. The zero-order chi connectivity index (χ0) is 9.68. The summed E-state index contributed by atoms with van der Waals surface area (Å²) in [4.78, 5) is 0. The van der Waals surface area contributed by atoms with E-state index in [1.54, 1.807) is 11.3 Å². The zero-order valence-electron chi connectivity index (χ0n) is 8.16. The average Bonchev–Trinajstić information content (AvgIpc) is 2.66. The van der Waals surface area contributed by atoms with Crippen molar-refractivity contribution in [3.63, 3.8) is 0 Å². The Hall–Kier alpha value is -0.380. The van der Waals surface area contributed by atoms with Crippen molar-refractivity contribution in [2.45, 2.75) is 32.4 Å². The number of aliphatic hydroxyl groups is 1. The molecule has 1 rings (SSSR count). The van der Waals surface area contributed by atoms with Crippen molar-refractivity contribution in [3.8, 4) is 0 Å². The minimum Gasteiger partial charge on any atom is -0.394 e. The first-order valence-corrected chi connectivity index (χ1v) is 5.61. The Morgan fingerprint density at radius 3 is 2.85 bits per heavy atom. The van der Waals surface area contributed by atoms with E-state index in [4.69, 9.17) is 0 Å². The molecule has 0 aliphatic carbocycles. The van der Waals surface area contributed by atoms with Gasteiger partial charge in [0.1, 0.15) is 0 Å². The van der Waals surface area contributed by atoms with Crippen LogP contribution < -0.4 is 5.32 Å². The predicted molar refractivity (Wildman–Crippen MR) is 57.0 cm³/mol. The van der Waals surface area contributed by atoms with Crippen LogP contribution in [0.3, 0.4) is 0 Å². The van der Waals surface area contributed by atoms with Crippen LogP contribution in [0.2, 0.25) is 0 Å². The monoisotopic (exact) mass is 199 g/mol. The largest absolute Gasteiger partial charge is 0.394 e. The number of hydrogen-bond acceptors (Lipinski definition) is 3. The minimum absolute atomic E-state index is 0.0983. The topological polar surface area (TPSA) is 32.3 Å². The van der Waals surface area contributed by atoms with Gasteiger partial charge < -0.3 is 10.4 Å². The van der Waals surface area contributed by atoms with Crippen LogP contribution in [0.15, 0.2) is 16.8 Å². The Balaban J connectivity index is 2.53. The lowest BCUT2D eigenvalue weighted by Gasteiger charge is -2.19. The Bertz CT molecular complexity index is 223. The van der Waals surface area contributed by atoms with Crippen molar-refractivity contribution < 1.29 is 5.11 Å². The van der Waals surface area contributed by atoms with E-state index in [9.17, 15) is 5.11 Å². The number of aliphatic hydroxyl groups excluding tert-OH is 1. The van der Waals surface area contributed by atoms with E-state index in [1.165, 1.54) is 5.56 Å². The lowest BCUT2D eigenvalue weighted by molar-refractivity contribution is 0.234. The third-order valence-corrected chi connectivity index (χ3v) is 2.93. The lowest BCUT2D eigenvalue weighted by atomic mass is 10.1. The third-order valence-electron chi connectivity index (χ3n) is 2.23. The van der Waals surface area contributed by atoms with Gasteiger partial charge in [0, 0.05) is 6.04 Å². The van der Waals surface area contributed by atoms with Gasteiger partial charge in [0.25, 0.3) is 0 Å². The Morgan fingerprint density at radius 1 is 1.62 bits per heavy atom. The van der Waals surface area contributed by atoms with Crippen molar-refractivity contribution in [2.75, 3.05) is 6.61 Å². The molecule has 0 aromatic carbocycles. The van der Waals surface area contributed by atoms with Crippen LogP contribution in [0, 0.1) is 0 Å². The fourth-order valence-corrected chi connectivity index (χ4v) is 1.90. The zero-order valence-corrected chi connectivity index (χ0v) is 8.97. The van der Waals surface area contributed by atoms with Gasteiger partial charge in [0.15, 0.2) is 0 Å². The number of nitrogens with one attached hydrogen (secondary N) is 1. The van der Waals surface area contributed by atoms with Crippen molar-refractivity contribution in [1.29, 1.82) is 0 Å². The molecule has 0 bridgehead atoms. The second-order valence-electron chi connectivity index (χ2n) is 3.27. The molecule has 1 heterocycles. The smallest absolute Gasteiger partial charge is 0.0626 e. The van der Waals surface area contributed by atoms with E-state index in [1.807, 2.05) is 5.38 Å². The molecule has 0 aliphatic rings. The van der Waals surface area contributed by atoms with E-state index >= 15 is 0 Å². The normalized spacial score (nSPS) is 15.6. The molecule has 13 heavy (non-hydrogen) atoms. The van der Waals surface area contributed by atoms with Crippen LogP contribution in [0.25, 0.3) is 0 Å². The van der Waals surface area contributed by atoms with E-state index in [0.717, 1.165) is 6.42 Å². The highest BCUT2D eigenvalue weighted by atomic mass is 32.1. The van der Waals surface area contributed by atoms with Gasteiger partial charge in [-0.3, -0.25) is 0 Å². The summed E-state index contributed by atoms with van der Waals surface area (Å²) in [5.41, 5.74) is 1.19. The molecule has 74 valence electrons. The van der Waals surface area contributed by atoms with Crippen LogP contribution in [0.4, 0.5) is 0 Å². The van der Waals surface area contributed by atoms with Gasteiger partial charge in [-0.1, -0.05) is 6.92 Å². The number of hydrogen-bond donors (Lipinski definition) is 2. The molecule has 0 fully saturated rings. The van der Waals surface area contributed by atoms with Gasteiger partial charge in [-0.2, -0.15) is 11.3 Å². The van der Waals surface area contributed by atoms with Crippen LogP contribution in [-0.2, 0) is 0 Å². The van der Waals surface area contributed by atoms with Gasteiger partial charge in [-0.15, -0.1) is 0 Å². The maximum atomic E-state index is 9.18. The van der Waals surface area contributed by atoms with Crippen LogP contribution >= 0.6 is 11.3 Å². The molecule has 2 nitrogen and oxygen atoms in total. The lowest BCUT2D eigenvalue weighted by Crippen LogP contribution is -2.31. The molecule has 1 aromatic rings. The van der Waals surface area contributed by atoms with Crippen molar-refractivity contribution in [1.82, 2.24) is 5.32 Å². The first-order chi connectivity index (χ1) is 6.27. The molecule has 0 radical (unpaired) electrons. The van der Waals surface area contributed by atoms with Gasteiger partial charge >= 0.3 is 0 Å². The molecular weight excluding hydrogens is 182 g/mol. The molecule has 2 N–H and O–H groups in total. The highest BCUT2D eigenvalue weighted by molar-refractivity contribution is 7.07. The van der Waals surface area contributed by atoms with Crippen molar-refractivity contribution in [2.24, 2.45) is 0 Å². The molecule has 1 aromatic heterocycles. The summed E-state index contributed by atoms with van der Waals surface area (Å²) >= 11 is 1.67. The van der Waals surface area contributed by atoms with E-state index in [2.05, 4.69) is 30.6 Å². The van der Waals surface area contributed by atoms with E-state index in [-0.39, 0.29) is 12.6 Å². The summed E-state index contributed by atoms with van der Waals surface area (Å²) in [7, 11) is 0. The van der Waals surface area contributed by atoms with E-state index < -0.39 is 0 Å². The fourth-order valence-electron chi connectivity index (χ4n) is 1.19. The minimum atomic E-state index is 0.0983. The van der Waals surface area contributed by atoms with Gasteiger partial charge in [0.05, 0.1) is 12.6 Å². The molecule has 0 saturated heterocycles. The molecule has 2 atom stereocenters. The van der Waals surface area contributed by atoms with Gasteiger partial charge in [0.2, 0.25) is 0 Å². The van der Waals surface area contributed by atoms with Crippen molar-refractivity contribution in [3.05, 3.63) is 22.4 Å². The van der Waals surface area contributed by atoms with Gasteiger partial charge in [-0.05, 0) is 35.7 Å². The quantitative estimate of drug-likeness (QED) is 0.761. The molecule has 2 unspecified atom stereocenters. The molecule has 0 saturated carbocycles. The highest BCUT2D eigenvalue weighted by Crippen LogP contribution is 2.16. The van der Waals surface area contributed by atoms with Gasteiger partial charge in [-0.25, -0.2) is 0 Å². The SMILES string of the molecule is CCC(C)NC(CO)c1ccsc1. The second-order valence-corrected chi connectivity index (χ2v) is 4.05. The molecule has 0 amide bonds. The summed E-state index contributed by atoms with van der Waals surface area (Å²) in [6.45, 7) is 4.44. The van der Waals surface area contributed by atoms with Crippen LogP contribution in [-0.4, -0.2) is 17.8 Å². The number of rotatable bonds is 5. The Labute approximate surface area is 83.6 Å². The first-order valence-electron chi connectivity index (χ1n) is 4.67. The highest BCUT2D eigenvalue weighted by Gasteiger charge is 2.12. The third kappa shape index (κ3) is 3.10. The Kier molecular flexibility index (Phi) is 4.42. The van der Waals surface area contributed by atoms with E-state index in [0.29, 0.717) is 6.04 Å². The molecule has 0 spiro atoms. The van der Waals surface area contributed by atoms with Crippen LogP contribution in [0.1, 0.15) is 31.9 Å². The molecule has 3 heteroatoms. The second kappa shape index (κ2) is 5.37. The number of thiophene rings is 1. The maximum Gasteiger partial charge on any atom is 0.0626 e. The summed E-state index contributed by atoms with van der Waals surface area (Å²) in [5.74, 6) is 0. The summed E-state index contributed by atoms with van der Waals surface area (Å²) in [6.07, 6.45) is 1.08. The van der Waals surface area contributed by atoms with Crippen LogP contribution in [0.5, 0.6) is 0 Å². The Morgan fingerprint density at radius 2 is 2.38 bits per heavy atom. The standard InChI is InChI=1S/C10H17NOS/c1-3-8(2)11-10(6-12)9-4-5-13-7-9/h4-5,7-8,10-12H,3,6H2,1-2H3. The summed E-state index contributed by atoms with van der Waals surface area (Å²) < 4.78 is 0. The summed E-state index contributed by atoms with van der Waals surface area (Å²) in [5, 5.41) is 16.7. The molecular formula is C10H17NOS. The average molecular weight is 199 g/mol. The maximum absolute atomic E-state index is 9.18. The predicted octanol–water partition coefficient (Wildman–Crippen LogP) is 2.17. The molecule has 0 aliphatic heterocycles. The van der Waals surface area contributed by atoms with Crippen molar-refractivity contribution >= 4 is 11.3 Å². The first kappa shape index (κ1) is 10.7.